The molecule has 4 heterocycles. The molecule has 5 rings (SSSR count). The molecule has 8 heteroatoms. The standard InChI is InChI=1S/C17H18N6O2/c1-3-14-15(25-10-24-14)5-11(1)17-12(7-20-22-17)6-18-13-2-4-16-19-9-21-23(16)8-13/h1,3,5,7,9,13,18H,2,4,6,8,10H2,(H,20,22)/t13-/m0/s1. The summed E-state index contributed by atoms with van der Waals surface area (Å²) in [4.78, 5) is 4.27. The van der Waals surface area contributed by atoms with E-state index in [0.717, 1.165) is 60.1 Å². The predicted octanol–water partition coefficient (Wildman–Crippen LogP) is 1.50. The van der Waals surface area contributed by atoms with Crippen molar-refractivity contribution < 1.29 is 9.47 Å². The van der Waals surface area contributed by atoms with E-state index in [1.54, 1.807) is 6.33 Å². The SMILES string of the molecule is c1nc2n(n1)C[C@@H](NCc1cn[nH]c1-c1ccc3c(c1)OCO3)CC2. The molecule has 0 fully saturated rings. The number of nitrogens with one attached hydrogen (secondary N) is 2. The molecule has 25 heavy (non-hydrogen) atoms. The van der Waals surface area contributed by atoms with E-state index >= 15 is 0 Å². The van der Waals surface area contributed by atoms with Crippen LogP contribution in [0.1, 0.15) is 17.8 Å². The van der Waals surface area contributed by atoms with Gasteiger partial charge in [0.25, 0.3) is 0 Å². The molecule has 0 saturated heterocycles. The quantitative estimate of drug-likeness (QED) is 0.749. The van der Waals surface area contributed by atoms with Gasteiger partial charge in [0.05, 0.1) is 18.4 Å². The third kappa shape index (κ3) is 2.64. The highest BCUT2D eigenvalue weighted by Gasteiger charge is 2.20. The van der Waals surface area contributed by atoms with Crippen molar-refractivity contribution in [2.75, 3.05) is 6.79 Å². The number of hydrogen-bond donors (Lipinski definition) is 2. The summed E-state index contributed by atoms with van der Waals surface area (Å²) >= 11 is 0. The molecule has 1 aromatic carbocycles. The summed E-state index contributed by atoms with van der Waals surface area (Å²) in [5, 5.41) is 15.2. The fraction of sp³-hybridized carbons (Fsp3) is 0.353. The van der Waals surface area contributed by atoms with Gasteiger partial charge in [0.2, 0.25) is 6.79 Å². The summed E-state index contributed by atoms with van der Waals surface area (Å²) in [6.07, 6.45) is 5.52. The molecule has 0 amide bonds. The monoisotopic (exact) mass is 338 g/mol. The van der Waals surface area contributed by atoms with Gasteiger partial charge in [-0.3, -0.25) is 5.10 Å². The van der Waals surface area contributed by atoms with Crippen molar-refractivity contribution in [1.82, 2.24) is 30.3 Å². The van der Waals surface area contributed by atoms with Crippen molar-refractivity contribution in [2.24, 2.45) is 0 Å². The zero-order chi connectivity index (χ0) is 16.6. The van der Waals surface area contributed by atoms with Crippen LogP contribution in [-0.4, -0.2) is 37.8 Å². The van der Waals surface area contributed by atoms with Gasteiger partial charge in [0, 0.05) is 30.1 Å². The van der Waals surface area contributed by atoms with E-state index in [1.807, 2.05) is 29.1 Å². The van der Waals surface area contributed by atoms with E-state index in [2.05, 4.69) is 25.6 Å². The molecule has 2 aromatic heterocycles. The second kappa shape index (κ2) is 5.89. The van der Waals surface area contributed by atoms with Gasteiger partial charge in [-0.05, 0) is 24.6 Å². The Morgan fingerprint density at radius 2 is 2.24 bits per heavy atom. The number of ether oxygens (including phenoxy) is 2. The summed E-state index contributed by atoms with van der Waals surface area (Å²) in [6, 6.07) is 6.33. The van der Waals surface area contributed by atoms with Crippen LogP contribution in [0.3, 0.4) is 0 Å². The molecule has 0 saturated carbocycles. The predicted molar refractivity (Wildman–Crippen MR) is 89.1 cm³/mol. The normalized spacial score (nSPS) is 18.3. The number of fused-ring (bicyclic) bond motifs is 2. The molecule has 128 valence electrons. The Labute approximate surface area is 144 Å². The number of hydrogen-bond acceptors (Lipinski definition) is 6. The number of benzene rings is 1. The first-order valence-electron chi connectivity index (χ1n) is 8.39. The van der Waals surface area contributed by atoms with E-state index in [0.29, 0.717) is 6.04 Å². The smallest absolute Gasteiger partial charge is 0.231 e. The highest BCUT2D eigenvalue weighted by molar-refractivity contribution is 5.66. The van der Waals surface area contributed by atoms with Gasteiger partial charge in [-0.25, -0.2) is 9.67 Å². The molecule has 1 atom stereocenters. The van der Waals surface area contributed by atoms with Crippen molar-refractivity contribution in [3.8, 4) is 22.8 Å². The molecule has 0 spiro atoms. The minimum absolute atomic E-state index is 0.280. The first kappa shape index (κ1) is 14.5. The maximum Gasteiger partial charge on any atom is 0.231 e. The van der Waals surface area contributed by atoms with Crippen LogP contribution in [0.25, 0.3) is 11.3 Å². The van der Waals surface area contributed by atoms with Gasteiger partial charge in [-0.1, -0.05) is 0 Å². The van der Waals surface area contributed by atoms with Gasteiger partial charge in [0.15, 0.2) is 11.5 Å². The van der Waals surface area contributed by atoms with E-state index in [4.69, 9.17) is 9.47 Å². The number of aromatic amines is 1. The third-order valence-corrected chi connectivity index (χ3v) is 4.77. The van der Waals surface area contributed by atoms with Crippen molar-refractivity contribution in [3.05, 3.63) is 42.1 Å². The van der Waals surface area contributed by atoms with Crippen molar-refractivity contribution in [3.63, 3.8) is 0 Å². The summed E-state index contributed by atoms with van der Waals surface area (Å²) in [5.74, 6) is 2.63. The molecule has 8 nitrogen and oxygen atoms in total. The van der Waals surface area contributed by atoms with Crippen LogP contribution in [0.4, 0.5) is 0 Å². The van der Waals surface area contributed by atoms with Gasteiger partial charge < -0.3 is 14.8 Å². The number of aromatic nitrogens is 5. The fourth-order valence-electron chi connectivity index (χ4n) is 3.41. The fourth-order valence-corrected chi connectivity index (χ4v) is 3.41. The molecule has 0 radical (unpaired) electrons. The number of aryl methyl sites for hydroxylation is 1. The van der Waals surface area contributed by atoms with Crippen LogP contribution in [-0.2, 0) is 19.5 Å². The average Bonchev–Trinajstić information content (AvgIpc) is 3.37. The minimum Gasteiger partial charge on any atom is -0.454 e. The average molecular weight is 338 g/mol. The topological polar surface area (TPSA) is 89.9 Å². The Balaban J connectivity index is 1.31. The van der Waals surface area contributed by atoms with Gasteiger partial charge in [-0.15, -0.1) is 0 Å². The Morgan fingerprint density at radius 1 is 1.28 bits per heavy atom. The van der Waals surface area contributed by atoms with E-state index in [-0.39, 0.29) is 6.79 Å². The van der Waals surface area contributed by atoms with Crippen LogP contribution < -0.4 is 14.8 Å². The zero-order valence-electron chi connectivity index (χ0n) is 13.6. The second-order valence-corrected chi connectivity index (χ2v) is 6.31. The van der Waals surface area contributed by atoms with Crippen LogP contribution in [0.5, 0.6) is 11.5 Å². The molecular formula is C17H18N6O2. The summed E-state index contributed by atoms with van der Waals surface area (Å²) in [5.41, 5.74) is 3.17. The lowest BCUT2D eigenvalue weighted by Crippen LogP contribution is -2.37. The molecule has 2 aliphatic heterocycles. The van der Waals surface area contributed by atoms with Crippen LogP contribution in [0.15, 0.2) is 30.7 Å². The summed E-state index contributed by atoms with van der Waals surface area (Å²) in [7, 11) is 0. The zero-order valence-corrected chi connectivity index (χ0v) is 13.6. The lowest BCUT2D eigenvalue weighted by molar-refractivity contribution is 0.174. The van der Waals surface area contributed by atoms with Crippen LogP contribution in [0, 0.1) is 0 Å². The Bertz CT molecular complexity index is 902. The lowest BCUT2D eigenvalue weighted by atomic mass is 10.1. The summed E-state index contributed by atoms with van der Waals surface area (Å²) < 4.78 is 12.8. The van der Waals surface area contributed by atoms with Crippen LogP contribution >= 0.6 is 0 Å². The van der Waals surface area contributed by atoms with Crippen molar-refractivity contribution >= 4 is 0 Å². The molecular weight excluding hydrogens is 320 g/mol. The highest BCUT2D eigenvalue weighted by Crippen LogP contribution is 2.36. The number of H-pyrrole nitrogens is 1. The molecule has 0 aliphatic carbocycles. The maximum atomic E-state index is 5.47. The van der Waals surface area contributed by atoms with E-state index in [1.165, 1.54) is 0 Å². The van der Waals surface area contributed by atoms with E-state index in [9.17, 15) is 0 Å². The molecule has 2 aliphatic rings. The Morgan fingerprint density at radius 3 is 3.24 bits per heavy atom. The van der Waals surface area contributed by atoms with Crippen molar-refractivity contribution in [1.29, 1.82) is 0 Å². The molecule has 2 N–H and O–H groups in total. The summed E-state index contributed by atoms with van der Waals surface area (Å²) in [6.45, 7) is 1.88. The first-order valence-corrected chi connectivity index (χ1v) is 8.39. The lowest BCUT2D eigenvalue weighted by Gasteiger charge is -2.23. The first-order chi connectivity index (χ1) is 12.4. The largest absolute Gasteiger partial charge is 0.454 e. The third-order valence-electron chi connectivity index (χ3n) is 4.77. The molecule has 0 unspecified atom stereocenters. The van der Waals surface area contributed by atoms with Gasteiger partial charge >= 0.3 is 0 Å². The second-order valence-electron chi connectivity index (χ2n) is 6.31. The molecule has 3 aromatic rings. The molecule has 0 bridgehead atoms. The van der Waals surface area contributed by atoms with Gasteiger partial charge in [-0.2, -0.15) is 10.2 Å². The van der Waals surface area contributed by atoms with E-state index < -0.39 is 0 Å². The number of nitrogens with zero attached hydrogens (tertiary/aromatic N) is 4. The van der Waals surface area contributed by atoms with Crippen molar-refractivity contribution in [2.45, 2.75) is 32.0 Å². The Kier molecular flexibility index (Phi) is 3.41. The maximum absolute atomic E-state index is 5.47. The minimum atomic E-state index is 0.280. The Hall–Kier alpha value is -2.87. The van der Waals surface area contributed by atoms with Crippen LogP contribution in [0.2, 0.25) is 0 Å². The van der Waals surface area contributed by atoms with Gasteiger partial charge in [0.1, 0.15) is 12.2 Å². The highest BCUT2D eigenvalue weighted by atomic mass is 16.7. The number of rotatable bonds is 4.